The molecule has 1 aliphatic rings. The summed E-state index contributed by atoms with van der Waals surface area (Å²) in [4.78, 5) is 10.0. The number of aromatic nitrogens is 5. The molecule has 0 aliphatic heterocycles. The van der Waals surface area contributed by atoms with Crippen LogP contribution in [0.5, 0.6) is 0 Å². The van der Waals surface area contributed by atoms with Crippen molar-refractivity contribution in [1.29, 1.82) is 0 Å². The smallest absolute Gasteiger partial charge is 0.272 e. The number of aryl methyl sites for hydroxylation is 1. The van der Waals surface area contributed by atoms with E-state index in [0.29, 0.717) is 23.8 Å². The summed E-state index contributed by atoms with van der Waals surface area (Å²) in [6, 6.07) is 7.93. The Bertz CT molecular complexity index is 975. The third kappa shape index (κ3) is 2.57. The Morgan fingerprint density at radius 1 is 1.20 bits per heavy atom. The molecule has 0 atom stereocenters. The van der Waals surface area contributed by atoms with Gasteiger partial charge in [0.1, 0.15) is 23.7 Å². The van der Waals surface area contributed by atoms with Crippen LogP contribution in [0.2, 0.25) is 0 Å². The molecule has 0 amide bonds. The van der Waals surface area contributed by atoms with Crippen molar-refractivity contribution in [3.63, 3.8) is 0 Å². The number of fused-ring (bicyclic) bond motifs is 4. The first-order valence-electron chi connectivity index (χ1n) is 8.36. The molecule has 0 saturated heterocycles. The van der Waals surface area contributed by atoms with E-state index in [4.69, 9.17) is 9.94 Å². The molecule has 1 aliphatic carbocycles. The lowest BCUT2D eigenvalue weighted by molar-refractivity contribution is 0.175. The van der Waals surface area contributed by atoms with Crippen LogP contribution in [0.25, 0.3) is 17.0 Å². The van der Waals surface area contributed by atoms with Crippen LogP contribution in [-0.4, -0.2) is 37.1 Å². The molecular formula is C18H18N6O. The van der Waals surface area contributed by atoms with Crippen LogP contribution in [0.4, 0.5) is 0 Å². The second-order valence-electron chi connectivity index (χ2n) is 5.81. The molecule has 0 saturated carbocycles. The lowest BCUT2D eigenvalue weighted by atomic mass is 10.1. The Morgan fingerprint density at radius 2 is 2.04 bits per heavy atom. The molecule has 0 bridgehead atoms. The molecule has 2 heterocycles. The van der Waals surface area contributed by atoms with Gasteiger partial charge >= 0.3 is 0 Å². The first-order valence-corrected chi connectivity index (χ1v) is 8.36. The van der Waals surface area contributed by atoms with E-state index < -0.39 is 0 Å². The van der Waals surface area contributed by atoms with Gasteiger partial charge in [-0.15, -0.1) is 10.2 Å². The second kappa shape index (κ2) is 6.43. The molecule has 0 fully saturated rings. The van der Waals surface area contributed by atoms with Crippen LogP contribution in [0.3, 0.4) is 0 Å². The van der Waals surface area contributed by atoms with E-state index in [-0.39, 0.29) is 0 Å². The topological polar surface area (TPSA) is 77.6 Å². The lowest BCUT2D eigenvalue weighted by Crippen LogP contribution is -2.09. The van der Waals surface area contributed by atoms with Gasteiger partial charge in [0.15, 0.2) is 5.82 Å². The van der Waals surface area contributed by atoms with Crippen LogP contribution >= 0.6 is 0 Å². The number of nitrogens with zero attached hydrogens (tertiary/aromatic N) is 6. The van der Waals surface area contributed by atoms with Gasteiger partial charge < -0.3 is 4.84 Å². The van der Waals surface area contributed by atoms with E-state index in [1.165, 1.54) is 0 Å². The molecule has 7 heteroatoms. The number of hydrogen-bond donors (Lipinski definition) is 0. The van der Waals surface area contributed by atoms with Gasteiger partial charge in [-0.25, -0.2) is 4.98 Å². The van der Waals surface area contributed by atoms with Gasteiger partial charge in [-0.3, -0.25) is 0 Å². The van der Waals surface area contributed by atoms with Gasteiger partial charge in [0, 0.05) is 17.5 Å². The van der Waals surface area contributed by atoms with Crippen LogP contribution in [0, 0.1) is 0 Å². The molecular weight excluding hydrogens is 316 g/mol. The Balaban J connectivity index is 1.87. The van der Waals surface area contributed by atoms with E-state index >= 15 is 0 Å². The predicted molar refractivity (Wildman–Crippen MR) is 94.4 cm³/mol. The second-order valence-corrected chi connectivity index (χ2v) is 5.81. The van der Waals surface area contributed by atoms with Crippen LogP contribution in [-0.2, 0) is 11.3 Å². The normalized spacial score (nSPS) is 13.9. The highest BCUT2D eigenvalue weighted by atomic mass is 16.6. The molecule has 0 N–H and O–H groups in total. The quantitative estimate of drug-likeness (QED) is 0.308. The van der Waals surface area contributed by atoms with E-state index in [2.05, 4.69) is 33.8 Å². The molecule has 7 nitrogen and oxygen atoms in total. The standard InChI is InChI=1S/C18H18N6O/c1-3-5-10-14-20-21-18-19-15-12-8-6-7-9-13(12)16(23-25-11-4-2)17(15)22-24(14)18/h4,6-9H,2-3,5,10-11H2,1H3. The SMILES string of the molecule is C=CCON=C1c2ccccc2-c2nc3nnc(CCCC)n3nc21. The van der Waals surface area contributed by atoms with Crippen LogP contribution < -0.4 is 0 Å². The lowest BCUT2D eigenvalue weighted by Gasteiger charge is -2.02. The van der Waals surface area contributed by atoms with Crippen molar-refractivity contribution in [2.75, 3.05) is 6.61 Å². The van der Waals surface area contributed by atoms with Gasteiger partial charge in [-0.2, -0.15) is 9.61 Å². The summed E-state index contributed by atoms with van der Waals surface area (Å²) in [5.41, 5.74) is 4.07. The summed E-state index contributed by atoms with van der Waals surface area (Å²) in [6.45, 7) is 6.13. The number of unbranched alkanes of at least 4 members (excludes halogenated alkanes) is 1. The number of oxime groups is 1. The number of rotatable bonds is 6. The minimum atomic E-state index is 0.338. The van der Waals surface area contributed by atoms with Gasteiger partial charge in [0.05, 0.1) is 0 Å². The Kier molecular flexibility index (Phi) is 3.97. The van der Waals surface area contributed by atoms with Crippen molar-refractivity contribution in [1.82, 2.24) is 24.8 Å². The highest BCUT2D eigenvalue weighted by molar-refractivity contribution is 6.22. The minimum absolute atomic E-state index is 0.338. The van der Waals surface area contributed by atoms with Crippen molar-refractivity contribution in [3.05, 3.63) is 54.0 Å². The molecule has 25 heavy (non-hydrogen) atoms. The fraction of sp³-hybridized carbons (Fsp3) is 0.278. The molecule has 0 radical (unpaired) electrons. The summed E-state index contributed by atoms with van der Waals surface area (Å²) in [7, 11) is 0. The maximum Gasteiger partial charge on any atom is 0.272 e. The fourth-order valence-electron chi connectivity index (χ4n) is 2.88. The van der Waals surface area contributed by atoms with Crippen molar-refractivity contribution in [2.24, 2.45) is 5.16 Å². The Labute approximate surface area is 145 Å². The molecule has 0 spiro atoms. The van der Waals surface area contributed by atoms with Crippen molar-refractivity contribution in [3.8, 4) is 11.3 Å². The van der Waals surface area contributed by atoms with Gasteiger partial charge in [-0.05, 0) is 6.42 Å². The monoisotopic (exact) mass is 334 g/mol. The van der Waals surface area contributed by atoms with Crippen molar-refractivity contribution in [2.45, 2.75) is 26.2 Å². The van der Waals surface area contributed by atoms with E-state index in [9.17, 15) is 0 Å². The zero-order chi connectivity index (χ0) is 17.2. The first kappa shape index (κ1) is 15.4. The maximum atomic E-state index is 5.33. The van der Waals surface area contributed by atoms with Crippen molar-refractivity contribution >= 4 is 11.5 Å². The van der Waals surface area contributed by atoms with Gasteiger partial charge in [-0.1, -0.05) is 55.4 Å². The fourth-order valence-corrected chi connectivity index (χ4v) is 2.88. The largest absolute Gasteiger partial charge is 0.391 e. The Morgan fingerprint density at radius 3 is 2.84 bits per heavy atom. The van der Waals surface area contributed by atoms with Crippen LogP contribution in [0.1, 0.15) is 36.8 Å². The molecule has 126 valence electrons. The zero-order valence-corrected chi connectivity index (χ0v) is 14.0. The highest BCUT2D eigenvalue weighted by Crippen LogP contribution is 2.34. The van der Waals surface area contributed by atoms with Crippen molar-refractivity contribution < 1.29 is 4.84 Å². The van der Waals surface area contributed by atoms with Gasteiger partial charge in [0.25, 0.3) is 5.78 Å². The van der Waals surface area contributed by atoms with E-state index in [1.807, 2.05) is 24.3 Å². The van der Waals surface area contributed by atoms with Crippen LogP contribution in [0.15, 0.2) is 42.1 Å². The zero-order valence-electron chi connectivity index (χ0n) is 14.0. The average molecular weight is 334 g/mol. The van der Waals surface area contributed by atoms with E-state index in [1.54, 1.807) is 10.6 Å². The summed E-state index contributed by atoms with van der Waals surface area (Å²) < 4.78 is 1.71. The Hall–Kier alpha value is -3.09. The van der Waals surface area contributed by atoms with Gasteiger partial charge in [0.2, 0.25) is 0 Å². The third-order valence-corrected chi connectivity index (χ3v) is 4.09. The summed E-state index contributed by atoms with van der Waals surface area (Å²) in [5.74, 6) is 1.32. The predicted octanol–water partition coefficient (Wildman–Crippen LogP) is 2.80. The van der Waals surface area contributed by atoms with E-state index in [0.717, 1.165) is 41.9 Å². The molecule has 4 rings (SSSR count). The first-order chi connectivity index (χ1) is 12.3. The maximum absolute atomic E-state index is 5.33. The summed E-state index contributed by atoms with van der Waals surface area (Å²) in [5, 5.41) is 17.4. The minimum Gasteiger partial charge on any atom is -0.391 e. The average Bonchev–Trinajstić information content (AvgIpc) is 3.18. The number of benzene rings is 1. The molecule has 0 unspecified atom stereocenters. The summed E-state index contributed by atoms with van der Waals surface area (Å²) >= 11 is 0. The number of hydrogen-bond acceptors (Lipinski definition) is 6. The molecule has 3 aromatic rings. The molecule has 2 aromatic heterocycles. The summed E-state index contributed by atoms with van der Waals surface area (Å²) in [6.07, 6.45) is 4.59. The highest BCUT2D eigenvalue weighted by Gasteiger charge is 2.30. The molecule has 1 aromatic carbocycles. The third-order valence-electron chi connectivity index (χ3n) is 4.09.